The third-order valence-electron chi connectivity index (χ3n) is 2.27. The van der Waals surface area contributed by atoms with E-state index in [-0.39, 0.29) is 6.61 Å². The van der Waals surface area contributed by atoms with E-state index >= 15 is 0 Å². The molecule has 0 bridgehead atoms. The highest BCUT2D eigenvalue weighted by atomic mass is 31.2. The fraction of sp³-hybridized carbons (Fsp3) is 0.455. The SMILES string of the molecule is COc1cc(COP(C)(=O)OC)ccc1C. The summed E-state index contributed by atoms with van der Waals surface area (Å²) in [6.45, 7) is 3.65. The number of benzene rings is 1. The molecule has 0 amide bonds. The quantitative estimate of drug-likeness (QED) is 0.747. The zero-order chi connectivity index (χ0) is 12.2. The van der Waals surface area contributed by atoms with E-state index in [2.05, 4.69) is 0 Å². The summed E-state index contributed by atoms with van der Waals surface area (Å²) >= 11 is 0. The molecule has 90 valence electrons. The van der Waals surface area contributed by atoms with Crippen LogP contribution in [-0.4, -0.2) is 20.9 Å². The van der Waals surface area contributed by atoms with Crippen molar-refractivity contribution in [2.24, 2.45) is 0 Å². The van der Waals surface area contributed by atoms with Crippen LogP contribution in [0.1, 0.15) is 11.1 Å². The smallest absolute Gasteiger partial charge is 0.327 e. The van der Waals surface area contributed by atoms with Crippen molar-refractivity contribution in [1.29, 1.82) is 0 Å². The predicted molar refractivity (Wildman–Crippen MR) is 63.1 cm³/mol. The molecule has 1 unspecified atom stereocenters. The van der Waals surface area contributed by atoms with Gasteiger partial charge < -0.3 is 13.8 Å². The van der Waals surface area contributed by atoms with Gasteiger partial charge in [0.2, 0.25) is 0 Å². The molecule has 0 heterocycles. The van der Waals surface area contributed by atoms with Gasteiger partial charge in [0.15, 0.2) is 0 Å². The zero-order valence-corrected chi connectivity index (χ0v) is 10.9. The predicted octanol–water partition coefficient (Wildman–Crippen LogP) is 2.99. The van der Waals surface area contributed by atoms with Gasteiger partial charge in [0.25, 0.3) is 0 Å². The van der Waals surface area contributed by atoms with Gasteiger partial charge in [-0.2, -0.15) is 0 Å². The van der Waals surface area contributed by atoms with Crippen LogP contribution in [0.15, 0.2) is 18.2 Å². The van der Waals surface area contributed by atoms with Crippen molar-refractivity contribution in [3.05, 3.63) is 29.3 Å². The van der Waals surface area contributed by atoms with Gasteiger partial charge in [-0.15, -0.1) is 0 Å². The van der Waals surface area contributed by atoms with Gasteiger partial charge in [0.1, 0.15) is 5.75 Å². The van der Waals surface area contributed by atoms with Crippen LogP contribution >= 0.6 is 7.60 Å². The Labute approximate surface area is 96.1 Å². The lowest BCUT2D eigenvalue weighted by Crippen LogP contribution is -1.94. The Morgan fingerprint density at radius 3 is 2.56 bits per heavy atom. The molecule has 1 aromatic carbocycles. The Bertz CT molecular complexity index is 403. The second-order valence-corrected chi connectivity index (χ2v) is 5.70. The topological polar surface area (TPSA) is 44.8 Å². The van der Waals surface area contributed by atoms with Gasteiger partial charge in [-0.1, -0.05) is 12.1 Å². The van der Waals surface area contributed by atoms with E-state index in [4.69, 9.17) is 13.8 Å². The van der Waals surface area contributed by atoms with Crippen LogP contribution in [0.4, 0.5) is 0 Å². The van der Waals surface area contributed by atoms with Gasteiger partial charge in [-0.3, -0.25) is 4.57 Å². The largest absolute Gasteiger partial charge is 0.496 e. The van der Waals surface area contributed by atoms with Crippen LogP contribution in [0.25, 0.3) is 0 Å². The van der Waals surface area contributed by atoms with Crippen LogP contribution in [0, 0.1) is 6.92 Å². The first-order chi connectivity index (χ1) is 7.48. The average Bonchev–Trinajstić information content (AvgIpc) is 2.28. The first-order valence-corrected chi connectivity index (χ1v) is 6.89. The number of methoxy groups -OCH3 is 1. The van der Waals surface area contributed by atoms with Crippen LogP contribution in [0.3, 0.4) is 0 Å². The summed E-state index contributed by atoms with van der Waals surface area (Å²) in [7, 11) is 0.0743. The van der Waals surface area contributed by atoms with E-state index < -0.39 is 7.60 Å². The van der Waals surface area contributed by atoms with E-state index in [9.17, 15) is 4.57 Å². The van der Waals surface area contributed by atoms with Crippen molar-refractivity contribution in [3.63, 3.8) is 0 Å². The third-order valence-corrected chi connectivity index (χ3v) is 3.53. The summed E-state index contributed by atoms with van der Waals surface area (Å²) in [5, 5.41) is 0. The molecule has 5 heteroatoms. The van der Waals surface area contributed by atoms with Crippen molar-refractivity contribution >= 4 is 7.60 Å². The summed E-state index contributed by atoms with van der Waals surface area (Å²) < 4.78 is 26.6. The standard InChI is InChI=1S/C11H17O4P/c1-9-5-6-10(7-11(9)13-2)8-15-16(4,12)14-3/h5-7H,8H2,1-4H3. The number of hydrogen-bond donors (Lipinski definition) is 0. The van der Waals surface area contributed by atoms with Crippen LogP contribution in [-0.2, 0) is 20.2 Å². The summed E-state index contributed by atoms with van der Waals surface area (Å²) in [6, 6.07) is 5.71. The summed E-state index contributed by atoms with van der Waals surface area (Å²) in [6.07, 6.45) is 0. The molecule has 0 aliphatic carbocycles. The minimum absolute atomic E-state index is 0.248. The van der Waals surface area contributed by atoms with Gasteiger partial charge in [-0.05, 0) is 24.1 Å². The minimum atomic E-state index is -2.92. The van der Waals surface area contributed by atoms with E-state index in [1.807, 2.05) is 25.1 Å². The van der Waals surface area contributed by atoms with Gasteiger partial charge >= 0.3 is 7.60 Å². The maximum atomic E-state index is 11.5. The molecule has 0 saturated heterocycles. The average molecular weight is 244 g/mol. The Morgan fingerprint density at radius 2 is 2.00 bits per heavy atom. The molecule has 0 aliphatic heterocycles. The molecule has 0 N–H and O–H groups in total. The number of ether oxygens (including phenoxy) is 1. The summed E-state index contributed by atoms with van der Waals surface area (Å²) in [5.41, 5.74) is 1.96. The molecule has 1 rings (SSSR count). The van der Waals surface area contributed by atoms with Gasteiger partial charge in [0, 0.05) is 13.8 Å². The van der Waals surface area contributed by atoms with Gasteiger partial charge in [0.05, 0.1) is 13.7 Å². The van der Waals surface area contributed by atoms with Crippen molar-refractivity contribution in [2.45, 2.75) is 13.5 Å². The van der Waals surface area contributed by atoms with Crippen molar-refractivity contribution in [3.8, 4) is 5.75 Å². The van der Waals surface area contributed by atoms with Crippen molar-refractivity contribution in [1.82, 2.24) is 0 Å². The highest BCUT2D eigenvalue weighted by Crippen LogP contribution is 2.43. The maximum absolute atomic E-state index is 11.5. The summed E-state index contributed by atoms with van der Waals surface area (Å²) in [4.78, 5) is 0. The molecular formula is C11H17O4P. The number of rotatable bonds is 5. The highest BCUT2D eigenvalue weighted by molar-refractivity contribution is 7.52. The molecule has 0 spiro atoms. The van der Waals surface area contributed by atoms with Crippen LogP contribution < -0.4 is 4.74 Å². The molecule has 1 atom stereocenters. The second-order valence-electron chi connectivity index (χ2n) is 3.53. The molecule has 0 fully saturated rings. The molecule has 0 aliphatic rings. The third kappa shape index (κ3) is 3.63. The summed E-state index contributed by atoms with van der Waals surface area (Å²) in [5.74, 6) is 0.796. The normalized spacial score (nSPS) is 14.5. The van der Waals surface area contributed by atoms with Crippen LogP contribution in [0.5, 0.6) is 5.75 Å². The molecule has 0 aromatic heterocycles. The number of aryl methyl sites for hydroxylation is 1. The lowest BCUT2D eigenvalue weighted by molar-refractivity contribution is 0.230. The molecule has 0 saturated carbocycles. The lowest BCUT2D eigenvalue weighted by atomic mass is 10.1. The Morgan fingerprint density at radius 1 is 1.31 bits per heavy atom. The van der Waals surface area contributed by atoms with E-state index in [0.717, 1.165) is 16.9 Å². The maximum Gasteiger partial charge on any atom is 0.327 e. The van der Waals surface area contributed by atoms with Crippen molar-refractivity contribution in [2.75, 3.05) is 20.9 Å². The molecule has 16 heavy (non-hydrogen) atoms. The Hall–Kier alpha value is -0.830. The van der Waals surface area contributed by atoms with E-state index in [0.29, 0.717) is 0 Å². The first kappa shape index (κ1) is 13.2. The fourth-order valence-electron chi connectivity index (χ4n) is 1.20. The number of hydrogen-bond acceptors (Lipinski definition) is 4. The lowest BCUT2D eigenvalue weighted by Gasteiger charge is -2.12. The first-order valence-electron chi connectivity index (χ1n) is 4.90. The second kappa shape index (κ2) is 5.48. The van der Waals surface area contributed by atoms with Crippen molar-refractivity contribution < 1.29 is 18.3 Å². The van der Waals surface area contributed by atoms with Gasteiger partial charge in [-0.25, -0.2) is 0 Å². The molecule has 1 aromatic rings. The molecular weight excluding hydrogens is 227 g/mol. The van der Waals surface area contributed by atoms with E-state index in [1.54, 1.807) is 7.11 Å². The van der Waals surface area contributed by atoms with Crippen LogP contribution in [0.2, 0.25) is 0 Å². The Kier molecular flexibility index (Phi) is 4.54. The zero-order valence-electron chi connectivity index (χ0n) is 10.0. The molecule has 4 nitrogen and oxygen atoms in total. The Balaban J connectivity index is 2.72. The van der Waals surface area contributed by atoms with E-state index in [1.165, 1.54) is 13.8 Å². The highest BCUT2D eigenvalue weighted by Gasteiger charge is 2.14. The molecule has 0 radical (unpaired) electrons. The monoisotopic (exact) mass is 244 g/mol. The minimum Gasteiger partial charge on any atom is -0.496 e. The fourth-order valence-corrected chi connectivity index (χ4v) is 1.69.